The fourth-order valence-electron chi connectivity index (χ4n) is 2.15. The zero-order valence-electron chi connectivity index (χ0n) is 13.6. The number of carbonyl (C=O) groups is 2. The van der Waals surface area contributed by atoms with E-state index < -0.39 is 11.7 Å². The monoisotopic (exact) mass is 365 g/mol. The highest BCUT2D eigenvalue weighted by Crippen LogP contribution is 2.19. The van der Waals surface area contributed by atoms with Crippen molar-refractivity contribution >= 4 is 29.2 Å². The molecular weight excluding hydrogens is 349 g/mol. The molecule has 0 atom stereocenters. The van der Waals surface area contributed by atoms with Crippen molar-refractivity contribution in [2.24, 2.45) is 5.73 Å². The van der Waals surface area contributed by atoms with Crippen molar-refractivity contribution in [2.75, 3.05) is 19.4 Å². The fourth-order valence-corrected chi connectivity index (χ4v) is 2.38. The molecule has 0 aliphatic rings. The number of benzene rings is 1. The Balaban J connectivity index is 2.47. The minimum absolute atomic E-state index is 0.0144. The summed E-state index contributed by atoms with van der Waals surface area (Å²) in [5.74, 6) is -1.29. The summed E-state index contributed by atoms with van der Waals surface area (Å²) in [6, 6.07) is 4.79. The molecule has 0 unspecified atom stereocenters. The molecule has 2 aromatic rings. The van der Waals surface area contributed by atoms with Crippen molar-refractivity contribution in [2.45, 2.75) is 6.54 Å². The first-order chi connectivity index (χ1) is 11.7. The topological polar surface area (TPSA) is 104 Å². The quantitative estimate of drug-likeness (QED) is 0.771. The third kappa shape index (κ3) is 4.36. The smallest absolute Gasteiger partial charge is 0.321 e. The third-order valence-electron chi connectivity index (χ3n) is 3.42. The number of urea groups is 1. The number of rotatable bonds is 4. The van der Waals surface area contributed by atoms with Crippen LogP contribution in [0.4, 0.5) is 14.9 Å². The highest BCUT2D eigenvalue weighted by molar-refractivity contribution is 6.30. The molecule has 7 nitrogen and oxygen atoms in total. The van der Waals surface area contributed by atoms with E-state index in [0.717, 1.165) is 0 Å². The summed E-state index contributed by atoms with van der Waals surface area (Å²) >= 11 is 5.97. The van der Waals surface area contributed by atoms with E-state index >= 15 is 0 Å². The number of aromatic nitrogens is 1. The van der Waals surface area contributed by atoms with Crippen LogP contribution < -0.4 is 16.5 Å². The van der Waals surface area contributed by atoms with Gasteiger partial charge in [0, 0.05) is 26.0 Å². The average molecular weight is 366 g/mol. The molecule has 0 aliphatic carbocycles. The Morgan fingerprint density at radius 3 is 2.64 bits per heavy atom. The minimum Gasteiger partial charge on any atom is -0.365 e. The first kappa shape index (κ1) is 18.5. The Hall–Kier alpha value is -2.87. The molecule has 1 aromatic heterocycles. The van der Waals surface area contributed by atoms with Gasteiger partial charge in [0.1, 0.15) is 11.3 Å². The van der Waals surface area contributed by atoms with Gasteiger partial charge in [-0.25, -0.2) is 9.18 Å². The molecule has 0 bridgehead atoms. The Morgan fingerprint density at radius 1 is 1.36 bits per heavy atom. The molecule has 4 N–H and O–H groups in total. The summed E-state index contributed by atoms with van der Waals surface area (Å²) in [6.45, 7) is 0.0144. The maximum absolute atomic E-state index is 13.7. The Bertz CT molecular complexity index is 895. The lowest BCUT2D eigenvalue weighted by Gasteiger charge is -2.17. The van der Waals surface area contributed by atoms with E-state index in [1.165, 1.54) is 39.9 Å². The molecule has 1 heterocycles. The fraction of sp³-hybridized carbons (Fsp3) is 0.188. The first-order valence-corrected chi connectivity index (χ1v) is 7.58. The predicted molar refractivity (Wildman–Crippen MR) is 92.0 cm³/mol. The van der Waals surface area contributed by atoms with Crippen LogP contribution in [-0.4, -0.2) is 35.5 Å². The number of halogens is 2. The SMILES string of the molecule is CN(C)C(=O)Nc1ccc(F)cc1Cn1cc(Cl)cc(C(N)=O)c1=N. The molecule has 9 heteroatoms. The number of anilines is 1. The maximum atomic E-state index is 13.7. The average Bonchev–Trinajstić information content (AvgIpc) is 2.52. The van der Waals surface area contributed by atoms with E-state index in [1.54, 1.807) is 14.1 Å². The molecule has 0 spiro atoms. The molecule has 2 rings (SSSR count). The second-order valence-corrected chi connectivity index (χ2v) is 5.98. The molecule has 25 heavy (non-hydrogen) atoms. The van der Waals surface area contributed by atoms with Crippen molar-refractivity contribution in [1.29, 1.82) is 5.41 Å². The standard InChI is InChI=1S/C16H17ClFN5O2/c1-22(2)16(25)21-13-4-3-11(18)5-9(13)7-23-8-10(17)6-12(14(23)19)15(20)24/h3-6,8,19H,7H2,1-2H3,(H2,20,24)(H,21,25). The lowest BCUT2D eigenvalue weighted by atomic mass is 10.1. The first-order valence-electron chi connectivity index (χ1n) is 7.20. The molecule has 0 aliphatic heterocycles. The molecule has 0 radical (unpaired) electrons. The molecule has 0 saturated heterocycles. The number of hydrogen-bond donors (Lipinski definition) is 3. The van der Waals surface area contributed by atoms with E-state index in [-0.39, 0.29) is 28.6 Å². The molecule has 0 fully saturated rings. The third-order valence-corrected chi connectivity index (χ3v) is 3.63. The van der Waals surface area contributed by atoms with Crippen LogP contribution in [0.25, 0.3) is 0 Å². The summed E-state index contributed by atoms with van der Waals surface area (Å²) in [5, 5.41) is 10.9. The van der Waals surface area contributed by atoms with E-state index in [0.29, 0.717) is 11.3 Å². The second kappa shape index (κ2) is 7.35. The van der Waals surface area contributed by atoms with Gasteiger partial charge in [-0.15, -0.1) is 0 Å². The lowest BCUT2D eigenvalue weighted by molar-refractivity contribution is 0.0997. The zero-order chi connectivity index (χ0) is 18.7. The Morgan fingerprint density at radius 2 is 2.04 bits per heavy atom. The summed E-state index contributed by atoms with van der Waals surface area (Å²) < 4.78 is 15.0. The van der Waals surface area contributed by atoms with Gasteiger partial charge in [0.25, 0.3) is 5.91 Å². The van der Waals surface area contributed by atoms with Crippen LogP contribution in [0, 0.1) is 11.2 Å². The van der Waals surface area contributed by atoms with E-state index in [2.05, 4.69) is 5.32 Å². The van der Waals surface area contributed by atoms with Crippen LogP contribution in [-0.2, 0) is 6.54 Å². The summed E-state index contributed by atoms with van der Waals surface area (Å²) in [6.07, 6.45) is 1.43. The van der Waals surface area contributed by atoms with Crippen molar-refractivity contribution in [1.82, 2.24) is 9.47 Å². The van der Waals surface area contributed by atoms with E-state index in [1.807, 2.05) is 0 Å². The van der Waals surface area contributed by atoms with Crippen LogP contribution in [0.15, 0.2) is 30.5 Å². The Labute approximate surface area is 148 Å². The highest BCUT2D eigenvalue weighted by Gasteiger charge is 2.13. The number of amides is 3. The van der Waals surface area contributed by atoms with Gasteiger partial charge in [-0.2, -0.15) is 0 Å². The normalized spacial score (nSPS) is 10.4. The predicted octanol–water partition coefficient (Wildman–Crippen LogP) is 2.00. The lowest BCUT2D eigenvalue weighted by Crippen LogP contribution is -2.31. The number of pyridine rings is 1. The van der Waals surface area contributed by atoms with Gasteiger partial charge >= 0.3 is 6.03 Å². The van der Waals surface area contributed by atoms with Crippen LogP contribution in [0.3, 0.4) is 0 Å². The Kier molecular flexibility index (Phi) is 5.43. The number of carbonyl (C=O) groups excluding carboxylic acids is 2. The van der Waals surface area contributed by atoms with Crippen molar-refractivity contribution in [3.8, 4) is 0 Å². The zero-order valence-corrected chi connectivity index (χ0v) is 14.4. The van der Waals surface area contributed by atoms with Crippen molar-refractivity contribution in [3.05, 3.63) is 57.9 Å². The highest BCUT2D eigenvalue weighted by atomic mass is 35.5. The summed E-state index contributed by atoms with van der Waals surface area (Å²) in [7, 11) is 3.15. The van der Waals surface area contributed by atoms with Crippen LogP contribution in [0.1, 0.15) is 15.9 Å². The maximum Gasteiger partial charge on any atom is 0.321 e. The van der Waals surface area contributed by atoms with Crippen LogP contribution in [0.2, 0.25) is 5.02 Å². The molecule has 0 saturated carbocycles. The van der Waals surface area contributed by atoms with Crippen LogP contribution in [0.5, 0.6) is 0 Å². The van der Waals surface area contributed by atoms with Gasteiger partial charge in [-0.3, -0.25) is 10.2 Å². The number of nitrogens with zero attached hydrogens (tertiary/aromatic N) is 2. The minimum atomic E-state index is -0.790. The molecule has 3 amide bonds. The van der Waals surface area contributed by atoms with Gasteiger partial charge in [-0.1, -0.05) is 11.6 Å². The number of hydrogen-bond acceptors (Lipinski definition) is 3. The summed E-state index contributed by atoms with van der Waals surface area (Å²) in [5.41, 5.74) is 5.82. The van der Waals surface area contributed by atoms with E-state index in [4.69, 9.17) is 22.7 Å². The largest absolute Gasteiger partial charge is 0.365 e. The van der Waals surface area contributed by atoms with E-state index in [9.17, 15) is 14.0 Å². The van der Waals surface area contributed by atoms with Gasteiger partial charge < -0.3 is 20.5 Å². The number of primary amides is 1. The number of nitrogens with one attached hydrogen (secondary N) is 2. The van der Waals surface area contributed by atoms with Gasteiger partial charge in [-0.05, 0) is 29.8 Å². The van der Waals surface area contributed by atoms with Crippen molar-refractivity contribution in [3.63, 3.8) is 0 Å². The molecular formula is C16H17ClFN5O2. The van der Waals surface area contributed by atoms with Gasteiger partial charge in [0.15, 0.2) is 0 Å². The number of nitrogens with two attached hydrogens (primary N) is 1. The van der Waals surface area contributed by atoms with Crippen molar-refractivity contribution < 1.29 is 14.0 Å². The molecule has 1 aromatic carbocycles. The second-order valence-electron chi connectivity index (χ2n) is 5.54. The van der Waals surface area contributed by atoms with Gasteiger partial charge in [0.2, 0.25) is 0 Å². The summed E-state index contributed by atoms with van der Waals surface area (Å²) in [4.78, 5) is 24.6. The van der Waals surface area contributed by atoms with Gasteiger partial charge in [0.05, 0.1) is 17.1 Å². The van der Waals surface area contributed by atoms with Crippen LogP contribution >= 0.6 is 11.6 Å². The molecule has 132 valence electrons.